The van der Waals surface area contributed by atoms with Crippen LogP contribution in [0.1, 0.15) is 12.8 Å². The second-order valence-electron chi connectivity index (χ2n) is 4.14. The number of hydrogen-bond acceptors (Lipinski definition) is 6. The molecule has 0 radical (unpaired) electrons. The normalized spacial score (nSPS) is 16.9. The molecule has 2 heterocycles. The van der Waals surface area contributed by atoms with E-state index in [1.54, 1.807) is 0 Å². The van der Waals surface area contributed by atoms with Crippen LogP contribution in [0.4, 0.5) is 5.95 Å². The van der Waals surface area contributed by atoms with Crippen molar-refractivity contribution >= 4 is 18.5 Å². The van der Waals surface area contributed by atoms with E-state index in [1.165, 1.54) is 12.4 Å². The number of ether oxygens (including phenoxy) is 1. The minimum atomic E-state index is -1.52. The first-order valence-electron chi connectivity index (χ1n) is 5.67. The van der Waals surface area contributed by atoms with Crippen LogP contribution >= 0.6 is 0 Å². The molecular formula is C10H16BN3O3. The molecule has 0 spiro atoms. The lowest BCUT2D eigenvalue weighted by atomic mass is 9.83. The molecule has 0 amide bonds. The molecule has 1 aliphatic rings. The Balaban J connectivity index is 2.05. The summed E-state index contributed by atoms with van der Waals surface area (Å²) in [5.41, 5.74) is 0.300. The summed E-state index contributed by atoms with van der Waals surface area (Å²) >= 11 is 0. The van der Waals surface area contributed by atoms with E-state index in [0.717, 1.165) is 26.1 Å². The number of hydrogen-bond donors (Lipinski definition) is 2. The number of anilines is 1. The van der Waals surface area contributed by atoms with Crippen molar-refractivity contribution in [3.8, 4) is 0 Å². The van der Waals surface area contributed by atoms with Gasteiger partial charge in [0, 0.05) is 44.2 Å². The van der Waals surface area contributed by atoms with Gasteiger partial charge in [-0.05, 0) is 12.8 Å². The van der Waals surface area contributed by atoms with Gasteiger partial charge in [-0.15, -0.1) is 0 Å². The van der Waals surface area contributed by atoms with Crippen molar-refractivity contribution in [3.05, 3.63) is 12.4 Å². The predicted octanol–water partition coefficient (Wildman–Crippen LogP) is -1.23. The highest BCUT2D eigenvalue weighted by atomic mass is 16.5. The molecule has 7 heteroatoms. The van der Waals surface area contributed by atoms with E-state index >= 15 is 0 Å². The Hall–Kier alpha value is -1.18. The minimum absolute atomic E-state index is 0.300. The number of nitrogens with zero attached hydrogens (tertiary/aromatic N) is 3. The van der Waals surface area contributed by atoms with Gasteiger partial charge in [0.05, 0.1) is 0 Å². The fourth-order valence-electron chi connectivity index (χ4n) is 1.88. The van der Waals surface area contributed by atoms with E-state index in [9.17, 15) is 0 Å². The van der Waals surface area contributed by atoms with Crippen LogP contribution in [0, 0.1) is 0 Å². The van der Waals surface area contributed by atoms with Crippen LogP contribution in [0.5, 0.6) is 0 Å². The van der Waals surface area contributed by atoms with Crippen LogP contribution < -0.4 is 10.4 Å². The first-order chi connectivity index (χ1) is 8.18. The molecule has 1 aromatic rings. The summed E-state index contributed by atoms with van der Waals surface area (Å²) in [5.74, 6) is 0.598. The zero-order valence-corrected chi connectivity index (χ0v) is 9.78. The van der Waals surface area contributed by atoms with Crippen LogP contribution in [-0.2, 0) is 4.74 Å². The van der Waals surface area contributed by atoms with E-state index in [1.807, 2.05) is 11.9 Å². The van der Waals surface area contributed by atoms with Gasteiger partial charge >= 0.3 is 7.12 Å². The van der Waals surface area contributed by atoms with Crippen LogP contribution in [0.3, 0.4) is 0 Å². The third-order valence-corrected chi connectivity index (χ3v) is 3.01. The standard InChI is InChI=1S/C10H16BN3O3/c1-14(9-2-4-17-5-3-9)10-12-6-8(7-13-10)11(15)16/h6-7,9,15-16H,2-5H2,1H3. The van der Waals surface area contributed by atoms with Crippen molar-refractivity contribution in [3.63, 3.8) is 0 Å². The Morgan fingerprint density at radius 1 is 1.29 bits per heavy atom. The van der Waals surface area contributed by atoms with Gasteiger partial charge in [0.1, 0.15) is 0 Å². The molecule has 0 aromatic carbocycles. The smallest absolute Gasteiger partial charge is 0.423 e. The van der Waals surface area contributed by atoms with Gasteiger partial charge in [0.2, 0.25) is 5.95 Å². The van der Waals surface area contributed by atoms with Gasteiger partial charge in [0.25, 0.3) is 0 Å². The molecule has 0 bridgehead atoms. The summed E-state index contributed by atoms with van der Waals surface area (Å²) in [7, 11) is 0.429. The Kier molecular flexibility index (Phi) is 3.93. The summed E-state index contributed by atoms with van der Waals surface area (Å²) in [4.78, 5) is 10.3. The van der Waals surface area contributed by atoms with Crippen molar-refractivity contribution in [2.24, 2.45) is 0 Å². The molecule has 0 aliphatic carbocycles. The second kappa shape index (κ2) is 5.44. The lowest BCUT2D eigenvalue weighted by molar-refractivity contribution is 0.0852. The van der Waals surface area contributed by atoms with E-state index in [0.29, 0.717) is 17.5 Å². The highest BCUT2D eigenvalue weighted by Crippen LogP contribution is 2.16. The number of rotatable bonds is 3. The van der Waals surface area contributed by atoms with Crippen LogP contribution in [0.15, 0.2) is 12.4 Å². The maximum Gasteiger partial charge on any atom is 0.491 e. The summed E-state index contributed by atoms with van der Waals surface area (Å²) in [6, 6.07) is 0.383. The molecule has 92 valence electrons. The molecule has 1 fully saturated rings. The van der Waals surface area contributed by atoms with E-state index in [2.05, 4.69) is 9.97 Å². The van der Waals surface area contributed by atoms with Crippen molar-refractivity contribution in [2.45, 2.75) is 18.9 Å². The summed E-state index contributed by atoms with van der Waals surface area (Å²) in [5, 5.41) is 17.9. The van der Waals surface area contributed by atoms with E-state index in [-0.39, 0.29) is 0 Å². The minimum Gasteiger partial charge on any atom is -0.423 e. The Labute approximate surface area is 100 Å². The highest BCUT2D eigenvalue weighted by molar-refractivity contribution is 6.58. The van der Waals surface area contributed by atoms with Gasteiger partial charge in [0.15, 0.2) is 0 Å². The summed E-state index contributed by atoms with van der Waals surface area (Å²) in [6.07, 6.45) is 4.79. The highest BCUT2D eigenvalue weighted by Gasteiger charge is 2.21. The van der Waals surface area contributed by atoms with Gasteiger partial charge in [-0.1, -0.05) is 0 Å². The molecule has 0 saturated carbocycles. The zero-order chi connectivity index (χ0) is 12.3. The number of aromatic nitrogens is 2. The first kappa shape index (κ1) is 12.3. The molecule has 1 aliphatic heterocycles. The molecule has 0 unspecified atom stereocenters. The second-order valence-corrected chi connectivity index (χ2v) is 4.14. The fourth-order valence-corrected chi connectivity index (χ4v) is 1.88. The van der Waals surface area contributed by atoms with Crippen LogP contribution in [-0.4, -0.2) is 53.4 Å². The Morgan fingerprint density at radius 3 is 2.41 bits per heavy atom. The molecule has 2 rings (SSSR count). The predicted molar refractivity (Wildman–Crippen MR) is 64.1 cm³/mol. The maximum absolute atomic E-state index is 8.95. The molecule has 17 heavy (non-hydrogen) atoms. The summed E-state index contributed by atoms with van der Waals surface area (Å²) < 4.78 is 5.30. The van der Waals surface area contributed by atoms with E-state index in [4.69, 9.17) is 14.8 Å². The monoisotopic (exact) mass is 237 g/mol. The summed E-state index contributed by atoms with van der Waals surface area (Å²) in [6.45, 7) is 1.53. The SMILES string of the molecule is CN(c1ncc(B(O)O)cn1)C1CCOCC1. The maximum atomic E-state index is 8.95. The van der Waals surface area contributed by atoms with Gasteiger partial charge < -0.3 is 19.7 Å². The molecule has 6 nitrogen and oxygen atoms in total. The quantitative estimate of drug-likeness (QED) is 0.641. The largest absolute Gasteiger partial charge is 0.491 e. The molecule has 0 atom stereocenters. The first-order valence-corrected chi connectivity index (χ1v) is 5.67. The van der Waals surface area contributed by atoms with Gasteiger partial charge in [-0.2, -0.15) is 0 Å². The van der Waals surface area contributed by atoms with Crippen LogP contribution in [0.2, 0.25) is 0 Å². The van der Waals surface area contributed by atoms with Gasteiger partial charge in [-0.3, -0.25) is 0 Å². The van der Waals surface area contributed by atoms with Crippen molar-refractivity contribution in [1.29, 1.82) is 0 Å². The third-order valence-electron chi connectivity index (χ3n) is 3.01. The fraction of sp³-hybridized carbons (Fsp3) is 0.600. The molecule has 1 aromatic heterocycles. The van der Waals surface area contributed by atoms with E-state index < -0.39 is 7.12 Å². The third kappa shape index (κ3) is 2.93. The molecule has 1 saturated heterocycles. The Bertz CT molecular complexity index is 354. The lowest BCUT2D eigenvalue weighted by Crippen LogP contribution is -2.38. The van der Waals surface area contributed by atoms with Crippen LogP contribution in [0.25, 0.3) is 0 Å². The van der Waals surface area contributed by atoms with Crippen molar-refractivity contribution in [1.82, 2.24) is 9.97 Å². The lowest BCUT2D eigenvalue weighted by Gasteiger charge is -2.31. The molecule has 2 N–H and O–H groups in total. The average molecular weight is 237 g/mol. The van der Waals surface area contributed by atoms with Gasteiger partial charge in [-0.25, -0.2) is 9.97 Å². The Morgan fingerprint density at radius 2 is 1.88 bits per heavy atom. The van der Waals surface area contributed by atoms with Crippen molar-refractivity contribution in [2.75, 3.05) is 25.2 Å². The average Bonchev–Trinajstić information content (AvgIpc) is 2.39. The molecular weight excluding hydrogens is 221 g/mol. The zero-order valence-electron chi connectivity index (χ0n) is 9.78. The topological polar surface area (TPSA) is 78.7 Å². The van der Waals surface area contributed by atoms with Crippen molar-refractivity contribution < 1.29 is 14.8 Å².